The molecule has 1 saturated carbocycles. The van der Waals surface area contributed by atoms with Gasteiger partial charge in [-0.3, -0.25) is 0 Å². The van der Waals surface area contributed by atoms with Gasteiger partial charge < -0.3 is 13.6 Å². The minimum absolute atomic E-state index is 0.216. The van der Waals surface area contributed by atoms with Gasteiger partial charge in [-0.05, 0) is 38.8 Å². The van der Waals surface area contributed by atoms with Gasteiger partial charge in [-0.2, -0.15) is 0 Å². The molecule has 0 bridgehead atoms. The zero-order valence-corrected chi connectivity index (χ0v) is 10.9. The fourth-order valence-electron chi connectivity index (χ4n) is 1.96. The highest BCUT2D eigenvalue weighted by atomic mass is 16.5. The minimum Gasteiger partial charge on any atom is -0.460 e. The summed E-state index contributed by atoms with van der Waals surface area (Å²) in [5.74, 6) is 1.74. The molecule has 2 heterocycles. The number of nitrogens with zero attached hydrogens (tertiary/aromatic N) is 1. The second-order valence-corrected chi connectivity index (χ2v) is 4.64. The summed E-state index contributed by atoms with van der Waals surface area (Å²) < 4.78 is 16.0. The van der Waals surface area contributed by atoms with Crippen molar-refractivity contribution in [3.63, 3.8) is 0 Å². The summed E-state index contributed by atoms with van der Waals surface area (Å²) >= 11 is 0. The SMILES string of the molecule is CCOC(=O)c1oc(-c2ccc(C)o2)nc1C1CC1. The van der Waals surface area contributed by atoms with Crippen molar-refractivity contribution in [2.24, 2.45) is 0 Å². The summed E-state index contributed by atoms with van der Waals surface area (Å²) in [5, 5.41) is 0. The van der Waals surface area contributed by atoms with E-state index in [1.54, 1.807) is 13.0 Å². The topological polar surface area (TPSA) is 65.5 Å². The Labute approximate surface area is 110 Å². The normalized spacial score (nSPS) is 14.6. The van der Waals surface area contributed by atoms with Crippen LogP contribution in [-0.2, 0) is 4.74 Å². The molecule has 0 aliphatic heterocycles. The third kappa shape index (κ3) is 2.28. The first-order valence-corrected chi connectivity index (χ1v) is 6.43. The smallest absolute Gasteiger partial charge is 0.376 e. The molecule has 0 atom stereocenters. The van der Waals surface area contributed by atoms with Crippen LogP contribution in [0.25, 0.3) is 11.7 Å². The van der Waals surface area contributed by atoms with Gasteiger partial charge in [0.2, 0.25) is 5.76 Å². The van der Waals surface area contributed by atoms with Gasteiger partial charge in [-0.1, -0.05) is 0 Å². The molecule has 0 N–H and O–H groups in total. The largest absolute Gasteiger partial charge is 0.460 e. The quantitative estimate of drug-likeness (QED) is 0.790. The average molecular weight is 261 g/mol. The third-order valence-electron chi connectivity index (χ3n) is 3.03. The van der Waals surface area contributed by atoms with Gasteiger partial charge in [0.25, 0.3) is 5.89 Å². The minimum atomic E-state index is -0.452. The maximum absolute atomic E-state index is 11.9. The average Bonchev–Trinajstić information content (AvgIpc) is 2.98. The first kappa shape index (κ1) is 12.0. The Bertz CT molecular complexity index is 607. The molecule has 0 radical (unpaired) electrons. The van der Waals surface area contributed by atoms with Gasteiger partial charge in [0.1, 0.15) is 5.76 Å². The van der Waals surface area contributed by atoms with E-state index in [-0.39, 0.29) is 5.76 Å². The molecule has 2 aromatic heterocycles. The van der Waals surface area contributed by atoms with E-state index in [2.05, 4.69) is 4.98 Å². The Hall–Kier alpha value is -2.04. The van der Waals surface area contributed by atoms with Crippen molar-refractivity contribution in [3.05, 3.63) is 29.3 Å². The van der Waals surface area contributed by atoms with Crippen molar-refractivity contribution in [1.82, 2.24) is 4.98 Å². The number of carbonyl (C=O) groups is 1. The van der Waals surface area contributed by atoms with E-state index in [9.17, 15) is 4.79 Å². The van der Waals surface area contributed by atoms with Crippen molar-refractivity contribution in [2.45, 2.75) is 32.6 Å². The van der Waals surface area contributed by atoms with Crippen molar-refractivity contribution in [3.8, 4) is 11.7 Å². The first-order valence-electron chi connectivity index (χ1n) is 6.43. The van der Waals surface area contributed by atoms with E-state index < -0.39 is 5.97 Å². The second kappa shape index (κ2) is 4.57. The molecule has 1 aliphatic rings. The molecular formula is C14H15NO4. The Kier molecular flexibility index (Phi) is 2.89. The number of rotatable bonds is 4. The van der Waals surface area contributed by atoms with Crippen LogP contribution in [0.3, 0.4) is 0 Å². The molecule has 0 amide bonds. The van der Waals surface area contributed by atoms with Gasteiger partial charge >= 0.3 is 5.97 Å². The molecule has 5 heteroatoms. The van der Waals surface area contributed by atoms with Crippen molar-refractivity contribution in [1.29, 1.82) is 0 Å². The highest BCUT2D eigenvalue weighted by molar-refractivity contribution is 5.88. The number of furan rings is 1. The molecule has 5 nitrogen and oxygen atoms in total. The maximum Gasteiger partial charge on any atom is 0.376 e. The van der Waals surface area contributed by atoms with E-state index in [0.717, 1.165) is 18.6 Å². The van der Waals surface area contributed by atoms with Gasteiger partial charge in [-0.25, -0.2) is 9.78 Å². The number of hydrogen-bond acceptors (Lipinski definition) is 5. The van der Waals surface area contributed by atoms with Crippen LogP contribution in [-0.4, -0.2) is 17.6 Å². The van der Waals surface area contributed by atoms with E-state index in [0.29, 0.717) is 29.9 Å². The molecular weight excluding hydrogens is 246 g/mol. The summed E-state index contributed by atoms with van der Waals surface area (Å²) in [5.41, 5.74) is 0.697. The lowest BCUT2D eigenvalue weighted by molar-refractivity contribution is 0.0489. The number of oxazole rings is 1. The Morgan fingerprint density at radius 2 is 2.21 bits per heavy atom. The number of esters is 1. The molecule has 2 aromatic rings. The number of aromatic nitrogens is 1. The van der Waals surface area contributed by atoms with Gasteiger partial charge in [-0.15, -0.1) is 0 Å². The van der Waals surface area contributed by atoms with E-state index >= 15 is 0 Å². The van der Waals surface area contributed by atoms with Crippen LogP contribution in [0.4, 0.5) is 0 Å². The Morgan fingerprint density at radius 1 is 1.42 bits per heavy atom. The number of ether oxygens (including phenoxy) is 1. The van der Waals surface area contributed by atoms with Gasteiger partial charge in [0.15, 0.2) is 5.76 Å². The van der Waals surface area contributed by atoms with Crippen molar-refractivity contribution in [2.75, 3.05) is 6.61 Å². The lowest BCUT2D eigenvalue weighted by Gasteiger charge is -1.98. The van der Waals surface area contributed by atoms with Crippen molar-refractivity contribution >= 4 is 5.97 Å². The molecule has 0 spiro atoms. The molecule has 0 saturated heterocycles. The fourth-order valence-corrected chi connectivity index (χ4v) is 1.96. The van der Waals surface area contributed by atoms with Crippen LogP contribution >= 0.6 is 0 Å². The Morgan fingerprint density at radius 3 is 2.79 bits per heavy atom. The summed E-state index contributed by atoms with van der Waals surface area (Å²) in [6, 6.07) is 3.62. The van der Waals surface area contributed by atoms with Crippen molar-refractivity contribution < 1.29 is 18.4 Å². The van der Waals surface area contributed by atoms with E-state index in [4.69, 9.17) is 13.6 Å². The number of hydrogen-bond donors (Lipinski definition) is 0. The maximum atomic E-state index is 11.9. The third-order valence-corrected chi connectivity index (χ3v) is 3.03. The zero-order chi connectivity index (χ0) is 13.4. The highest BCUT2D eigenvalue weighted by Gasteiger charge is 2.34. The van der Waals surface area contributed by atoms with Gasteiger partial charge in [0.05, 0.1) is 12.3 Å². The van der Waals surface area contributed by atoms with Crippen LogP contribution in [0.2, 0.25) is 0 Å². The van der Waals surface area contributed by atoms with Crippen LogP contribution in [0.1, 0.15) is 47.7 Å². The van der Waals surface area contributed by atoms with E-state index in [1.165, 1.54) is 0 Å². The second-order valence-electron chi connectivity index (χ2n) is 4.64. The summed E-state index contributed by atoms with van der Waals surface area (Å²) in [7, 11) is 0. The highest BCUT2D eigenvalue weighted by Crippen LogP contribution is 2.42. The fraction of sp³-hybridized carbons (Fsp3) is 0.429. The molecule has 100 valence electrons. The summed E-state index contributed by atoms with van der Waals surface area (Å²) in [6.45, 7) is 3.93. The van der Waals surface area contributed by atoms with Gasteiger partial charge in [0, 0.05) is 5.92 Å². The molecule has 0 unspecified atom stereocenters. The molecule has 1 fully saturated rings. The zero-order valence-electron chi connectivity index (χ0n) is 10.9. The first-order chi connectivity index (χ1) is 9.19. The molecule has 3 rings (SSSR count). The van der Waals surface area contributed by atoms with Crippen LogP contribution in [0.5, 0.6) is 0 Å². The molecule has 19 heavy (non-hydrogen) atoms. The number of carbonyl (C=O) groups excluding carboxylic acids is 1. The lowest BCUT2D eigenvalue weighted by atomic mass is 10.2. The standard InChI is InChI=1S/C14H15NO4/c1-3-17-14(16)12-11(9-5-6-9)15-13(19-12)10-7-4-8(2)18-10/h4,7,9H,3,5-6H2,1-2H3. The summed E-state index contributed by atoms with van der Waals surface area (Å²) in [4.78, 5) is 16.3. The van der Waals surface area contributed by atoms with Crippen LogP contribution in [0, 0.1) is 6.92 Å². The Balaban J connectivity index is 1.98. The van der Waals surface area contributed by atoms with E-state index in [1.807, 2.05) is 13.0 Å². The monoisotopic (exact) mass is 261 g/mol. The van der Waals surface area contributed by atoms with Crippen LogP contribution < -0.4 is 0 Å². The van der Waals surface area contributed by atoms with Crippen LogP contribution in [0.15, 0.2) is 21.0 Å². The predicted molar refractivity (Wildman–Crippen MR) is 66.9 cm³/mol. The predicted octanol–water partition coefficient (Wildman–Crippen LogP) is 3.30. The molecule has 1 aliphatic carbocycles. The lowest BCUT2D eigenvalue weighted by Crippen LogP contribution is -2.05. The molecule has 0 aromatic carbocycles. The summed E-state index contributed by atoms with van der Waals surface area (Å²) in [6.07, 6.45) is 2.07. The number of aryl methyl sites for hydroxylation is 1.